The van der Waals surface area contributed by atoms with E-state index in [1.165, 1.54) is 5.69 Å². The van der Waals surface area contributed by atoms with Crippen LogP contribution >= 0.6 is 11.6 Å². The van der Waals surface area contributed by atoms with Gasteiger partial charge >= 0.3 is 0 Å². The number of halogens is 1. The van der Waals surface area contributed by atoms with Crippen molar-refractivity contribution >= 4 is 50.8 Å². The third-order valence-electron chi connectivity index (χ3n) is 6.86. The van der Waals surface area contributed by atoms with E-state index in [0.29, 0.717) is 28.2 Å². The number of piperazine rings is 1. The second kappa shape index (κ2) is 11.1. The van der Waals surface area contributed by atoms with Crippen LogP contribution in [0.3, 0.4) is 0 Å². The second-order valence-electron chi connectivity index (χ2n) is 9.18. The number of benzene rings is 3. The Labute approximate surface area is 226 Å². The Kier molecular flexibility index (Phi) is 7.40. The van der Waals surface area contributed by atoms with E-state index in [0.717, 1.165) is 43.9 Å². The smallest absolute Gasteiger partial charge is 0.255 e. The molecule has 0 saturated carbocycles. The molecular formula is C29H28ClN7O. The summed E-state index contributed by atoms with van der Waals surface area (Å²) < 4.78 is 1.84. The van der Waals surface area contributed by atoms with Crippen LogP contribution in [0.2, 0.25) is 0 Å². The Bertz CT molecular complexity index is 1530. The minimum absolute atomic E-state index is 0.208. The maximum absolute atomic E-state index is 13.0. The molecule has 0 bridgehead atoms. The van der Waals surface area contributed by atoms with Crippen LogP contribution in [-0.4, -0.2) is 58.3 Å². The first-order valence-electron chi connectivity index (χ1n) is 12.5. The minimum Gasteiger partial charge on any atom is -0.369 e. The summed E-state index contributed by atoms with van der Waals surface area (Å²) >= 11 is 6.50. The summed E-state index contributed by atoms with van der Waals surface area (Å²) in [4.78, 5) is 26.9. The third-order valence-corrected chi connectivity index (χ3v) is 7.11. The number of hydrogen-bond donors (Lipinski definition) is 1. The van der Waals surface area contributed by atoms with Crippen LogP contribution in [0.25, 0.3) is 11.0 Å². The van der Waals surface area contributed by atoms with E-state index in [1.807, 2.05) is 29.8 Å². The molecule has 0 aliphatic carbocycles. The number of rotatable bonds is 6. The van der Waals surface area contributed by atoms with Crippen molar-refractivity contribution in [2.45, 2.75) is 6.92 Å². The fraction of sp³-hybridized carbons (Fsp3) is 0.241. The predicted octanol–water partition coefficient (Wildman–Crippen LogP) is 5.16. The Balaban J connectivity index is 1.29. The van der Waals surface area contributed by atoms with Gasteiger partial charge in [-0.25, -0.2) is 9.98 Å². The lowest BCUT2D eigenvalue weighted by molar-refractivity contribution is 0.102. The second-order valence-corrected chi connectivity index (χ2v) is 9.54. The van der Waals surface area contributed by atoms with Crippen LogP contribution in [-0.2, 0) is 7.05 Å². The summed E-state index contributed by atoms with van der Waals surface area (Å²) in [5, 5.41) is 12.2. The maximum atomic E-state index is 13.0. The number of anilines is 2. The van der Waals surface area contributed by atoms with E-state index in [2.05, 4.69) is 50.2 Å². The van der Waals surface area contributed by atoms with Gasteiger partial charge in [-0.2, -0.15) is 5.26 Å². The molecule has 192 valence electrons. The van der Waals surface area contributed by atoms with Crippen molar-refractivity contribution in [3.05, 3.63) is 83.7 Å². The van der Waals surface area contributed by atoms with Gasteiger partial charge < -0.3 is 19.7 Å². The molecule has 1 saturated heterocycles. The highest BCUT2D eigenvalue weighted by molar-refractivity contribution is 6.69. The number of hydrogen-bond acceptors (Lipinski definition) is 6. The number of likely N-dealkylation sites (N-methyl/N-ethyl adjacent to an activating group) is 1. The summed E-state index contributed by atoms with van der Waals surface area (Å²) in [6.45, 7) is 7.43. The zero-order valence-corrected chi connectivity index (χ0v) is 22.1. The largest absolute Gasteiger partial charge is 0.369 e. The van der Waals surface area contributed by atoms with Gasteiger partial charge in [0.2, 0.25) is 0 Å². The van der Waals surface area contributed by atoms with E-state index in [-0.39, 0.29) is 11.1 Å². The Hall–Kier alpha value is -4.19. The highest BCUT2D eigenvalue weighted by Gasteiger charge is 2.17. The van der Waals surface area contributed by atoms with Gasteiger partial charge in [-0.3, -0.25) is 4.79 Å². The van der Waals surface area contributed by atoms with Crippen molar-refractivity contribution < 1.29 is 4.79 Å². The summed E-state index contributed by atoms with van der Waals surface area (Å²) in [7, 11) is 1.85. The van der Waals surface area contributed by atoms with Crippen molar-refractivity contribution in [2.75, 3.05) is 42.9 Å². The van der Waals surface area contributed by atoms with Crippen molar-refractivity contribution in [3.8, 4) is 6.07 Å². The van der Waals surface area contributed by atoms with Crippen molar-refractivity contribution in [2.24, 2.45) is 12.0 Å². The zero-order chi connectivity index (χ0) is 26.6. The molecule has 1 aromatic heterocycles. The van der Waals surface area contributed by atoms with E-state index < -0.39 is 0 Å². The maximum Gasteiger partial charge on any atom is 0.255 e. The Morgan fingerprint density at radius 2 is 1.76 bits per heavy atom. The molecule has 3 aromatic carbocycles. The van der Waals surface area contributed by atoms with Gasteiger partial charge in [-0.15, -0.1) is 0 Å². The molecule has 1 aliphatic rings. The lowest BCUT2D eigenvalue weighted by Gasteiger charge is -2.35. The van der Waals surface area contributed by atoms with E-state index in [9.17, 15) is 4.79 Å². The first kappa shape index (κ1) is 25.5. The molecule has 1 aliphatic heterocycles. The van der Waals surface area contributed by atoms with Crippen molar-refractivity contribution in [1.82, 2.24) is 14.5 Å². The van der Waals surface area contributed by atoms with Gasteiger partial charge in [-0.05, 0) is 73.3 Å². The molecule has 1 amide bonds. The van der Waals surface area contributed by atoms with E-state index in [1.54, 1.807) is 36.4 Å². The SMILES string of the molecule is CCN1CCN(c2ccc(NC(=O)c3ccc4c(c3)nc(C(Cl)=Nc3ccc(C#N)cc3)n4C)cc2)CC1. The number of aryl methyl sites for hydroxylation is 1. The number of fused-ring (bicyclic) bond motifs is 1. The van der Waals surface area contributed by atoms with Crippen molar-refractivity contribution in [3.63, 3.8) is 0 Å². The molecule has 38 heavy (non-hydrogen) atoms. The number of aliphatic imine (C=N–C) groups is 1. The fourth-order valence-corrected chi connectivity index (χ4v) is 4.85. The van der Waals surface area contributed by atoms with Crippen LogP contribution in [0.1, 0.15) is 28.7 Å². The van der Waals surface area contributed by atoms with Gasteiger partial charge in [0.25, 0.3) is 5.91 Å². The van der Waals surface area contributed by atoms with Gasteiger partial charge in [0.1, 0.15) is 0 Å². The Morgan fingerprint density at radius 1 is 1.05 bits per heavy atom. The number of aromatic nitrogens is 2. The molecular weight excluding hydrogens is 498 g/mol. The number of nitrogens with one attached hydrogen (secondary N) is 1. The molecule has 2 heterocycles. The van der Waals surface area contributed by atoms with E-state index in [4.69, 9.17) is 16.9 Å². The van der Waals surface area contributed by atoms with E-state index >= 15 is 0 Å². The minimum atomic E-state index is -0.208. The average molecular weight is 526 g/mol. The van der Waals surface area contributed by atoms with Gasteiger partial charge in [0.05, 0.1) is 28.4 Å². The summed E-state index contributed by atoms with van der Waals surface area (Å²) in [5.41, 5.74) is 5.06. The molecule has 4 aromatic rings. The average Bonchev–Trinajstić information content (AvgIpc) is 3.29. The lowest BCUT2D eigenvalue weighted by Crippen LogP contribution is -2.46. The molecule has 1 N–H and O–H groups in total. The zero-order valence-electron chi connectivity index (χ0n) is 21.4. The predicted molar refractivity (Wildman–Crippen MR) is 153 cm³/mol. The van der Waals surface area contributed by atoms with Crippen molar-refractivity contribution in [1.29, 1.82) is 5.26 Å². The topological polar surface area (TPSA) is 89.6 Å². The van der Waals surface area contributed by atoms with Gasteiger partial charge in [0, 0.05) is 50.2 Å². The first-order chi connectivity index (χ1) is 18.4. The standard InChI is InChI=1S/C29H28ClN7O/c1-3-36-14-16-37(17-15-36)24-11-9-23(10-12-24)33-29(38)21-6-13-26-25(18-21)34-28(35(26)2)27(30)32-22-7-4-20(19-31)5-8-22/h4-13,18H,3,14-17H2,1-2H3,(H,33,38). The normalized spacial score (nSPS) is 14.5. The molecule has 8 nitrogen and oxygen atoms in total. The first-order valence-corrected chi connectivity index (χ1v) is 12.9. The molecule has 0 spiro atoms. The van der Waals surface area contributed by atoms with Crippen LogP contribution in [0, 0.1) is 11.3 Å². The van der Waals surface area contributed by atoms with Crippen LogP contribution in [0.4, 0.5) is 17.1 Å². The number of nitrogens with zero attached hydrogens (tertiary/aromatic N) is 6. The fourth-order valence-electron chi connectivity index (χ4n) is 4.58. The third kappa shape index (κ3) is 5.40. The summed E-state index contributed by atoms with van der Waals surface area (Å²) in [6, 6.07) is 22.3. The molecule has 5 rings (SSSR count). The number of imidazole rings is 1. The highest BCUT2D eigenvalue weighted by atomic mass is 35.5. The number of carbonyl (C=O) groups excluding carboxylic acids is 1. The summed E-state index contributed by atoms with van der Waals surface area (Å²) in [6.07, 6.45) is 0. The number of amides is 1. The molecule has 0 unspecified atom stereocenters. The van der Waals surface area contributed by atoms with Crippen LogP contribution < -0.4 is 10.2 Å². The summed E-state index contributed by atoms with van der Waals surface area (Å²) in [5.74, 6) is 0.278. The Morgan fingerprint density at radius 3 is 2.42 bits per heavy atom. The highest BCUT2D eigenvalue weighted by Crippen LogP contribution is 2.23. The quantitative estimate of drug-likeness (QED) is 0.351. The molecule has 0 radical (unpaired) electrons. The van der Waals surface area contributed by atoms with Gasteiger partial charge in [0.15, 0.2) is 11.0 Å². The lowest BCUT2D eigenvalue weighted by atomic mass is 10.1. The molecule has 1 fully saturated rings. The van der Waals surface area contributed by atoms with Crippen LogP contribution in [0.15, 0.2) is 71.7 Å². The molecule has 0 atom stereocenters. The van der Waals surface area contributed by atoms with Gasteiger partial charge in [-0.1, -0.05) is 18.5 Å². The molecule has 9 heteroatoms. The monoisotopic (exact) mass is 525 g/mol. The van der Waals surface area contributed by atoms with Crippen LogP contribution in [0.5, 0.6) is 0 Å². The number of nitriles is 1. The number of carbonyl (C=O) groups is 1.